The maximum Gasteiger partial charge on any atom is 0.490 e. The molecule has 0 atom stereocenters. The van der Waals surface area contributed by atoms with Crippen molar-refractivity contribution in [2.75, 3.05) is 26.3 Å². The molecule has 0 heterocycles. The Morgan fingerprint density at radius 3 is 1.58 bits per heavy atom. The summed E-state index contributed by atoms with van der Waals surface area (Å²) in [6, 6.07) is 0. The Morgan fingerprint density at radius 1 is 0.879 bits per heavy atom. The molecule has 0 saturated heterocycles. The van der Waals surface area contributed by atoms with Crippen molar-refractivity contribution in [1.29, 1.82) is 0 Å². The first-order chi connectivity index (χ1) is 15.1. The number of nitrogens with two attached hydrogens (primary N) is 2. The Morgan fingerprint density at radius 2 is 1.24 bits per heavy atom. The van der Waals surface area contributed by atoms with Gasteiger partial charge in [0.05, 0.1) is 13.1 Å². The molecule has 0 spiro atoms. The van der Waals surface area contributed by atoms with Crippen LogP contribution in [0.15, 0.2) is 10.2 Å². The number of hydrogen-bond acceptors (Lipinski definition) is 8. The van der Waals surface area contributed by atoms with Gasteiger partial charge in [0.15, 0.2) is 0 Å². The molecule has 192 valence electrons. The highest BCUT2D eigenvalue weighted by molar-refractivity contribution is 6.39. The summed E-state index contributed by atoms with van der Waals surface area (Å²) in [5.74, 6) is -5.76. The van der Waals surface area contributed by atoms with Gasteiger partial charge in [0.2, 0.25) is 11.7 Å². The van der Waals surface area contributed by atoms with Gasteiger partial charge >= 0.3 is 18.3 Å². The second-order valence-corrected chi connectivity index (χ2v) is 4.86. The average Bonchev–Trinajstić information content (AvgIpc) is 2.71. The summed E-state index contributed by atoms with van der Waals surface area (Å²) < 4.78 is 74.7. The fraction of sp³-hybridized carbons (Fsp3) is 0.600. The number of ether oxygens (including phenoxy) is 2. The summed E-state index contributed by atoms with van der Waals surface area (Å²) in [5.41, 5.74) is 10.5. The van der Waals surface area contributed by atoms with E-state index in [0.717, 1.165) is 0 Å². The van der Waals surface area contributed by atoms with Crippen LogP contribution in [0.1, 0.15) is 20.8 Å². The number of carbonyl (C=O) groups excluding carboxylic acids is 4. The summed E-state index contributed by atoms with van der Waals surface area (Å²) >= 11 is 0. The zero-order valence-corrected chi connectivity index (χ0v) is 17.7. The smallest absolute Gasteiger partial charge is 0.466 e. The van der Waals surface area contributed by atoms with Gasteiger partial charge in [-0.15, -0.1) is 10.2 Å². The van der Waals surface area contributed by atoms with E-state index in [4.69, 9.17) is 11.5 Å². The molecule has 33 heavy (non-hydrogen) atoms. The summed E-state index contributed by atoms with van der Waals surface area (Å²) in [5, 5.41) is 10.5. The number of carbonyl (C=O) groups is 4. The largest absolute Gasteiger partial charge is 0.490 e. The van der Waals surface area contributed by atoms with Crippen LogP contribution in [0.25, 0.3) is 0 Å². The fourth-order valence-corrected chi connectivity index (χ4v) is 1.04. The molecular formula is C15H24F6N6O6. The molecule has 0 aliphatic carbocycles. The molecule has 0 aromatic rings. The summed E-state index contributed by atoms with van der Waals surface area (Å²) in [4.78, 5) is 43.1. The normalized spacial score (nSPS) is 11.5. The monoisotopic (exact) mass is 498 g/mol. The third-order valence-electron chi connectivity index (χ3n) is 2.16. The number of rotatable bonds is 8. The lowest BCUT2D eigenvalue weighted by Crippen LogP contribution is -2.40. The molecule has 12 nitrogen and oxygen atoms in total. The Bertz CT molecular complexity index is 675. The molecule has 2 amide bonds. The summed E-state index contributed by atoms with van der Waals surface area (Å²) in [6.45, 7) is 2.98. The van der Waals surface area contributed by atoms with Gasteiger partial charge in [0, 0.05) is 6.92 Å². The number of alkyl halides is 6. The molecule has 0 rings (SSSR count). The topological polar surface area (TPSA) is 188 Å². The Balaban J connectivity index is -0.00000112. The second kappa shape index (κ2) is 18.0. The molecular weight excluding hydrogens is 474 g/mol. The molecule has 0 aliphatic heterocycles. The van der Waals surface area contributed by atoms with Crippen molar-refractivity contribution in [3.63, 3.8) is 0 Å². The van der Waals surface area contributed by atoms with E-state index in [-0.39, 0.29) is 26.5 Å². The lowest BCUT2D eigenvalue weighted by Gasteiger charge is -2.07. The first kappa shape index (κ1) is 34.0. The molecule has 0 radical (unpaired) electrons. The molecule has 0 fully saturated rings. The van der Waals surface area contributed by atoms with E-state index in [1.54, 1.807) is 0 Å². The van der Waals surface area contributed by atoms with Crippen molar-refractivity contribution in [1.82, 2.24) is 10.6 Å². The molecule has 18 heteroatoms. The lowest BCUT2D eigenvalue weighted by atomic mass is 10.5. The first-order valence-electron chi connectivity index (χ1n) is 8.68. The van der Waals surface area contributed by atoms with Crippen LogP contribution in [0, 0.1) is 0 Å². The van der Waals surface area contributed by atoms with Crippen LogP contribution in [0.3, 0.4) is 0 Å². The number of nitrogens with zero attached hydrogens (tertiary/aromatic N) is 2. The first-order valence-corrected chi connectivity index (χ1v) is 8.68. The molecule has 0 unspecified atom stereocenters. The minimum absolute atomic E-state index is 0.0515. The molecule has 6 N–H and O–H groups in total. The van der Waals surface area contributed by atoms with Crippen molar-refractivity contribution >= 4 is 35.9 Å². The number of esters is 1. The van der Waals surface area contributed by atoms with E-state index < -0.39 is 55.0 Å². The van der Waals surface area contributed by atoms with Crippen LogP contribution in [-0.4, -0.2) is 74.6 Å². The predicted molar refractivity (Wildman–Crippen MR) is 101 cm³/mol. The van der Waals surface area contributed by atoms with Crippen LogP contribution in [0.2, 0.25) is 0 Å². The van der Waals surface area contributed by atoms with Crippen molar-refractivity contribution in [3.05, 3.63) is 0 Å². The molecule has 0 saturated carbocycles. The van der Waals surface area contributed by atoms with Gasteiger partial charge in [0.25, 0.3) is 18.3 Å². The highest BCUT2D eigenvalue weighted by Crippen LogP contribution is 2.15. The molecule has 0 aliphatic rings. The van der Waals surface area contributed by atoms with E-state index in [2.05, 4.69) is 25.0 Å². The van der Waals surface area contributed by atoms with Crippen LogP contribution < -0.4 is 22.1 Å². The Kier molecular flexibility index (Phi) is 18.6. The van der Waals surface area contributed by atoms with E-state index in [9.17, 15) is 45.5 Å². The highest BCUT2D eigenvalue weighted by atomic mass is 19.4. The highest BCUT2D eigenvalue weighted by Gasteiger charge is 2.40. The van der Waals surface area contributed by atoms with E-state index in [1.165, 1.54) is 0 Å². The fourth-order valence-electron chi connectivity index (χ4n) is 1.04. The number of hydrogen-bond donors (Lipinski definition) is 4. The molecule has 0 aromatic heterocycles. The van der Waals surface area contributed by atoms with E-state index >= 15 is 0 Å². The van der Waals surface area contributed by atoms with Crippen LogP contribution >= 0.6 is 0 Å². The van der Waals surface area contributed by atoms with Crippen LogP contribution in [0.4, 0.5) is 26.3 Å². The number of nitrogens with one attached hydrogen (secondary N) is 2. The number of amidine groups is 2. The van der Waals surface area contributed by atoms with Gasteiger partial charge in [-0.25, -0.2) is 4.79 Å². The Labute approximate surface area is 183 Å². The minimum atomic E-state index is -5.14. The van der Waals surface area contributed by atoms with Crippen molar-refractivity contribution in [2.45, 2.75) is 33.1 Å². The predicted octanol–water partition coefficient (Wildman–Crippen LogP) is -0.278. The van der Waals surface area contributed by atoms with Gasteiger partial charge in [-0.1, -0.05) is 13.8 Å². The van der Waals surface area contributed by atoms with Gasteiger partial charge in [-0.3, -0.25) is 14.4 Å². The van der Waals surface area contributed by atoms with Crippen molar-refractivity contribution in [2.24, 2.45) is 21.7 Å². The third-order valence-corrected chi connectivity index (χ3v) is 2.16. The van der Waals surface area contributed by atoms with Crippen molar-refractivity contribution in [3.8, 4) is 0 Å². The average molecular weight is 498 g/mol. The van der Waals surface area contributed by atoms with Crippen LogP contribution in [-0.2, 0) is 28.7 Å². The Hall–Kier alpha value is -3.60. The maximum atomic E-state index is 11.8. The maximum absolute atomic E-state index is 11.8. The molecule has 0 bridgehead atoms. The van der Waals surface area contributed by atoms with Crippen molar-refractivity contribution < 1.29 is 55.0 Å². The lowest BCUT2D eigenvalue weighted by molar-refractivity contribution is -0.199. The number of amides is 2. The summed E-state index contributed by atoms with van der Waals surface area (Å²) in [7, 11) is 0. The zero-order valence-electron chi connectivity index (χ0n) is 17.7. The standard InChI is InChI=1S/C11H15F3N6O6.C2H3F3.C2H6/c12-11(13,14)10(24)26-4-2-18-9(23)7(16)20-19-6(15)8(22)17-1-3-25-5-21;1-2(3,4)5;1-2/h5H,1-4H2,(H2,15,19)(H2,16,20)(H,17,22)(H,18,23);1H3;1-2H3. The molecule has 0 aromatic carbocycles. The minimum Gasteiger partial charge on any atom is -0.466 e. The summed E-state index contributed by atoms with van der Waals surface area (Å²) in [6.07, 6.45) is -9.14. The zero-order chi connectivity index (χ0) is 26.7. The SMILES string of the molecule is CC.CC(F)(F)F.N/C(=N\N=C(/N)C(=O)NCCOC(=O)C(F)(F)F)C(=O)NCCOC=O. The second-order valence-electron chi connectivity index (χ2n) is 4.86. The van der Waals surface area contributed by atoms with E-state index in [0.29, 0.717) is 0 Å². The van der Waals surface area contributed by atoms with Gasteiger partial charge < -0.3 is 31.6 Å². The van der Waals surface area contributed by atoms with Gasteiger partial charge in [-0.05, 0) is 0 Å². The third kappa shape index (κ3) is 24.5. The van der Waals surface area contributed by atoms with E-state index in [1.807, 2.05) is 19.2 Å². The number of halogens is 6. The van der Waals surface area contributed by atoms with Gasteiger partial charge in [0.1, 0.15) is 13.2 Å². The van der Waals surface area contributed by atoms with Crippen LogP contribution in [0.5, 0.6) is 0 Å². The van der Waals surface area contributed by atoms with Gasteiger partial charge in [-0.2, -0.15) is 26.3 Å². The quantitative estimate of drug-likeness (QED) is 0.0669.